The molecule has 1 aliphatic carbocycles. The number of halogens is 3. The average molecular weight is 282 g/mol. The number of alkyl halides is 3. The summed E-state index contributed by atoms with van der Waals surface area (Å²) in [6.07, 6.45) is -2.20. The van der Waals surface area contributed by atoms with Crippen molar-refractivity contribution < 1.29 is 13.2 Å². The summed E-state index contributed by atoms with van der Waals surface area (Å²) in [5, 5.41) is 12.0. The van der Waals surface area contributed by atoms with Gasteiger partial charge in [-0.15, -0.1) is 0 Å². The molecule has 1 aromatic carbocycles. The summed E-state index contributed by atoms with van der Waals surface area (Å²) in [6, 6.07) is 5.25. The van der Waals surface area contributed by atoms with Crippen LogP contribution < -0.4 is 5.32 Å². The fourth-order valence-corrected chi connectivity index (χ4v) is 2.39. The molecule has 1 aliphatic rings. The Morgan fingerprint density at radius 3 is 2.45 bits per heavy atom. The van der Waals surface area contributed by atoms with E-state index in [2.05, 4.69) is 19.2 Å². The summed E-state index contributed by atoms with van der Waals surface area (Å²) in [5.74, 6) is 0.542. The lowest BCUT2D eigenvalue weighted by Gasteiger charge is -2.21. The Bertz CT molecular complexity index is 537. The molecule has 0 amide bonds. The summed E-state index contributed by atoms with van der Waals surface area (Å²) in [5.41, 5.74) is -0.385. The number of hydrogen-bond donors (Lipinski definition) is 1. The topological polar surface area (TPSA) is 35.8 Å². The monoisotopic (exact) mass is 282 g/mol. The predicted octanol–water partition coefficient (Wildman–Crippen LogP) is 4.43. The summed E-state index contributed by atoms with van der Waals surface area (Å²) in [7, 11) is 0. The quantitative estimate of drug-likeness (QED) is 0.887. The zero-order valence-corrected chi connectivity index (χ0v) is 11.5. The van der Waals surface area contributed by atoms with E-state index < -0.39 is 11.7 Å². The number of rotatable bonds is 4. The van der Waals surface area contributed by atoms with Crippen LogP contribution in [0.3, 0.4) is 0 Å². The first kappa shape index (κ1) is 14.7. The van der Waals surface area contributed by atoms with E-state index >= 15 is 0 Å². The zero-order valence-electron chi connectivity index (χ0n) is 11.5. The maximum atomic E-state index is 12.7. The summed E-state index contributed by atoms with van der Waals surface area (Å²) < 4.78 is 38.1. The van der Waals surface area contributed by atoms with E-state index in [1.54, 1.807) is 6.07 Å². The molecule has 0 atom stereocenters. The van der Waals surface area contributed by atoms with E-state index in [-0.39, 0.29) is 11.0 Å². The maximum absolute atomic E-state index is 12.7. The Hall–Kier alpha value is -1.70. The number of anilines is 1. The molecule has 2 rings (SSSR count). The first-order valence-corrected chi connectivity index (χ1v) is 6.64. The smallest absolute Gasteiger partial charge is 0.384 e. The molecular formula is C15H17F3N2. The normalized spacial score (nSPS) is 16.9. The van der Waals surface area contributed by atoms with Crippen LogP contribution in [0.2, 0.25) is 0 Å². The molecule has 0 unspecified atom stereocenters. The highest BCUT2D eigenvalue weighted by atomic mass is 19.4. The van der Waals surface area contributed by atoms with E-state index in [1.165, 1.54) is 12.1 Å². The van der Waals surface area contributed by atoms with Gasteiger partial charge in [-0.2, -0.15) is 18.4 Å². The van der Waals surface area contributed by atoms with Gasteiger partial charge in [-0.05, 0) is 42.4 Å². The van der Waals surface area contributed by atoms with Crippen LogP contribution in [-0.2, 0) is 6.18 Å². The fourth-order valence-electron chi connectivity index (χ4n) is 2.39. The number of nitriles is 1. The van der Waals surface area contributed by atoms with Gasteiger partial charge < -0.3 is 5.32 Å². The van der Waals surface area contributed by atoms with E-state index in [1.807, 2.05) is 0 Å². The van der Waals surface area contributed by atoms with Gasteiger partial charge in [0.15, 0.2) is 0 Å². The molecule has 0 heterocycles. The molecule has 1 fully saturated rings. The lowest BCUT2D eigenvalue weighted by Crippen LogP contribution is -2.21. The van der Waals surface area contributed by atoms with Crippen LogP contribution in [0.5, 0.6) is 0 Å². The van der Waals surface area contributed by atoms with Crippen LogP contribution in [0, 0.1) is 22.7 Å². The Kier molecular flexibility index (Phi) is 3.68. The highest BCUT2D eigenvalue weighted by molar-refractivity contribution is 5.53. The lowest BCUT2D eigenvalue weighted by molar-refractivity contribution is -0.137. The van der Waals surface area contributed by atoms with Gasteiger partial charge in [0.2, 0.25) is 0 Å². The van der Waals surface area contributed by atoms with Crippen molar-refractivity contribution >= 4 is 5.69 Å². The van der Waals surface area contributed by atoms with Crippen LogP contribution in [-0.4, -0.2) is 6.54 Å². The molecule has 0 aliphatic heterocycles. The second kappa shape index (κ2) is 5.01. The van der Waals surface area contributed by atoms with E-state index in [0.29, 0.717) is 11.6 Å². The lowest BCUT2D eigenvalue weighted by atomic mass is 9.92. The molecule has 108 valence electrons. The van der Waals surface area contributed by atoms with E-state index in [9.17, 15) is 13.2 Å². The maximum Gasteiger partial charge on any atom is 0.417 e. The number of benzene rings is 1. The van der Waals surface area contributed by atoms with Crippen LogP contribution in [0.4, 0.5) is 18.9 Å². The second-order valence-electron chi connectivity index (χ2n) is 5.74. The third kappa shape index (κ3) is 2.90. The van der Waals surface area contributed by atoms with Crippen molar-refractivity contribution in [3.63, 3.8) is 0 Å². The van der Waals surface area contributed by atoms with Crippen molar-refractivity contribution in [1.82, 2.24) is 0 Å². The van der Waals surface area contributed by atoms with Gasteiger partial charge in [0.25, 0.3) is 0 Å². The largest absolute Gasteiger partial charge is 0.417 e. The van der Waals surface area contributed by atoms with E-state index in [0.717, 1.165) is 25.5 Å². The number of nitrogens with one attached hydrogen (secondary N) is 1. The van der Waals surface area contributed by atoms with Crippen molar-refractivity contribution in [2.45, 2.75) is 32.9 Å². The van der Waals surface area contributed by atoms with Crippen molar-refractivity contribution in [1.29, 1.82) is 5.26 Å². The van der Waals surface area contributed by atoms with Gasteiger partial charge >= 0.3 is 6.18 Å². The molecule has 1 aromatic rings. The SMILES string of the molecule is CC(C)C1(CNc2ccc(C(F)(F)F)c(C#N)c2)CC1. The molecule has 1 saturated carbocycles. The number of hydrogen-bond acceptors (Lipinski definition) is 2. The molecule has 5 heteroatoms. The highest BCUT2D eigenvalue weighted by Crippen LogP contribution is 2.51. The Balaban J connectivity index is 2.13. The van der Waals surface area contributed by atoms with Crippen molar-refractivity contribution in [3.05, 3.63) is 29.3 Å². The Morgan fingerprint density at radius 1 is 1.35 bits per heavy atom. The summed E-state index contributed by atoms with van der Waals surface area (Å²) >= 11 is 0. The van der Waals surface area contributed by atoms with Crippen molar-refractivity contribution in [2.75, 3.05) is 11.9 Å². The Morgan fingerprint density at radius 2 is 2.00 bits per heavy atom. The van der Waals surface area contributed by atoms with Gasteiger partial charge in [0.1, 0.15) is 0 Å². The van der Waals surface area contributed by atoms with Gasteiger partial charge in [0, 0.05) is 12.2 Å². The Labute approximate surface area is 116 Å². The third-order valence-corrected chi connectivity index (χ3v) is 4.21. The minimum atomic E-state index is -4.49. The minimum Gasteiger partial charge on any atom is -0.384 e. The van der Waals surface area contributed by atoms with Crippen molar-refractivity contribution in [2.24, 2.45) is 11.3 Å². The summed E-state index contributed by atoms with van der Waals surface area (Å²) in [6.45, 7) is 5.05. The molecule has 20 heavy (non-hydrogen) atoms. The van der Waals surface area contributed by atoms with Gasteiger partial charge in [-0.1, -0.05) is 13.8 Å². The second-order valence-corrected chi connectivity index (χ2v) is 5.74. The van der Waals surface area contributed by atoms with Gasteiger partial charge in [0.05, 0.1) is 17.2 Å². The predicted molar refractivity (Wildman–Crippen MR) is 71.2 cm³/mol. The van der Waals surface area contributed by atoms with Gasteiger partial charge in [-0.3, -0.25) is 0 Å². The molecule has 0 radical (unpaired) electrons. The van der Waals surface area contributed by atoms with Gasteiger partial charge in [-0.25, -0.2) is 0 Å². The third-order valence-electron chi connectivity index (χ3n) is 4.21. The minimum absolute atomic E-state index is 0.259. The molecule has 0 bridgehead atoms. The van der Waals surface area contributed by atoms with Crippen LogP contribution in [0.25, 0.3) is 0 Å². The highest BCUT2D eigenvalue weighted by Gasteiger charge is 2.44. The fraction of sp³-hybridized carbons (Fsp3) is 0.533. The van der Waals surface area contributed by atoms with Crippen LogP contribution >= 0.6 is 0 Å². The summed E-state index contributed by atoms with van der Waals surface area (Å²) in [4.78, 5) is 0. The molecule has 1 N–H and O–H groups in total. The average Bonchev–Trinajstić information content (AvgIpc) is 3.16. The van der Waals surface area contributed by atoms with Crippen molar-refractivity contribution in [3.8, 4) is 6.07 Å². The molecule has 0 aromatic heterocycles. The van der Waals surface area contributed by atoms with Crippen LogP contribution in [0.1, 0.15) is 37.8 Å². The standard InChI is InChI=1S/C15H17F3N2/c1-10(2)14(5-6-14)9-20-12-3-4-13(15(16,17)18)11(7-12)8-19/h3-4,7,10,20H,5-6,9H2,1-2H3. The first-order valence-electron chi connectivity index (χ1n) is 6.64. The molecule has 2 nitrogen and oxygen atoms in total. The molecular weight excluding hydrogens is 265 g/mol. The van der Waals surface area contributed by atoms with E-state index in [4.69, 9.17) is 5.26 Å². The molecule has 0 spiro atoms. The molecule has 0 saturated heterocycles. The van der Waals surface area contributed by atoms with Crippen LogP contribution in [0.15, 0.2) is 18.2 Å². The first-order chi connectivity index (χ1) is 9.28. The zero-order chi connectivity index (χ0) is 15.0. The number of nitrogens with zero attached hydrogens (tertiary/aromatic N) is 1.